The fourth-order valence-electron chi connectivity index (χ4n) is 2.43. The largest absolute Gasteiger partial charge is 0.314 e. The first-order valence-electron chi connectivity index (χ1n) is 6.14. The Kier molecular flexibility index (Phi) is 4.29. The van der Waals surface area contributed by atoms with Gasteiger partial charge in [0.2, 0.25) is 0 Å². The molecule has 1 aromatic heterocycles. The summed E-state index contributed by atoms with van der Waals surface area (Å²) in [6.45, 7) is 11.5. The monoisotopic (exact) mass is 316 g/mol. The highest BCUT2D eigenvalue weighted by atomic mass is 79.9. The molecule has 0 bridgehead atoms. The number of rotatable bonds is 2. The number of hydrogen-bond acceptors (Lipinski definition) is 3. The van der Waals surface area contributed by atoms with Gasteiger partial charge in [0, 0.05) is 47.0 Å². The van der Waals surface area contributed by atoms with E-state index in [9.17, 15) is 0 Å². The number of nitrogens with one attached hydrogen (secondary N) is 1. The first-order chi connectivity index (χ1) is 7.97. The standard InChI is InChI=1S/C13H21BrN2S/c1-13(2,3)12-7-15-4-5-16(12)8-11-6-10(14)9-17-11/h6,9,12,15H,4-5,7-8H2,1-3H3. The normalized spacial score (nSPS) is 22.9. The van der Waals surface area contributed by atoms with Crippen molar-refractivity contribution < 1.29 is 0 Å². The van der Waals surface area contributed by atoms with E-state index in [2.05, 4.69) is 58.4 Å². The van der Waals surface area contributed by atoms with Gasteiger partial charge in [-0.1, -0.05) is 20.8 Å². The Balaban J connectivity index is 2.06. The van der Waals surface area contributed by atoms with Crippen LogP contribution in [0.1, 0.15) is 25.6 Å². The van der Waals surface area contributed by atoms with E-state index < -0.39 is 0 Å². The number of thiophene rings is 1. The van der Waals surface area contributed by atoms with Crippen molar-refractivity contribution in [2.45, 2.75) is 33.4 Å². The lowest BCUT2D eigenvalue weighted by molar-refractivity contribution is 0.0698. The fraction of sp³-hybridized carbons (Fsp3) is 0.692. The molecule has 1 aromatic rings. The van der Waals surface area contributed by atoms with Crippen LogP contribution in [0, 0.1) is 5.41 Å². The van der Waals surface area contributed by atoms with E-state index in [0.29, 0.717) is 11.5 Å². The zero-order valence-corrected chi connectivity index (χ0v) is 13.2. The summed E-state index contributed by atoms with van der Waals surface area (Å²) in [5, 5.41) is 5.69. The van der Waals surface area contributed by atoms with E-state index in [1.54, 1.807) is 0 Å². The van der Waals surface area contributed by atoms with Crippen molar-refractivity contribution in [1.29, 1.82) is 0 Å². The molecule has 1 aliphatic rings. The maximum atomic E-state index is 3.53. The molecule has 1 N–H and O–H groups in total. The Morgan fingerprint density at radius 1 is 1.53 bits per heavy atom. The van der Waals surface area contributed by atoms with Gasteiger partial charge in [0.1, 0.15) is 0 Å². The Hall–Kier alpha value is 0.1000. The van der Waals surface area contributed by atoms with Gasteiger partial charge in [-0.15, -0.1) is 11.3 Å². The van der Waals surface area contributed by atoms with Crippen LogP contribution in [-0.2, 0) is 6.54 Å². The zero-order valence-electron chi connectivity index (χ0n) is 10.8. The van der Waals surface area contributed by atoms with E-state index >= 15 is 0 Å². The maximum absolute atomic E-state index is 3.53. The van der Waals surface area contributed by atoms with E-state index in [1.165, 1.54) is 9.35 Å². The second-order valence-corrected chi connectivity index (χ2v) is 7.70. The van der Waals surface area contributed by atoms with E-state index in [0.717, 1.165) is 26.2 Å². The maximum Gasteiger partial charge on any atom is 0.0332 e. The molecule has 1 unspecified atom stereocenters. The third kappa shape index (κ3) is 3.53. The molecule has 0 aliphatic carbocycles. The average Bonchev–Trinajstić information content (AvgIpc) is 2.63. The molecule has 2 heterocycles. The smallest absolute Gasteiger partial charge is 0.0332 e. The summed E-state index contributed by atoms with van der Waals surface area (Å²) in [5.41, 5.74) is 0.335. The summed E-state index contributed by atoms with van der Waals surface area (Å²) in [5.74, 6) is 0. The number of nitrogens with zero attached hydrogens (tertiary/aromatic N) is 1. The minimum absolute atomic E-state index is 0.335. The van der Waals surface area contributed by atoms with E-state index in [1.807, 2.05) is 11.3 Å². The van der Waals surface area contributed by atoms with Crippen LogP contribution in [0.3, 0.4) is 0 Å². The van der Waals surface area contributed by atoms with Crippen LogP contribution in [0.5, 0.6) is 0 Å². The fourth-order valence-corrected chi connectivity index (χ4v) is 3.90. The van der Waals surface area contributed by atoms with Crippen molar-refractivity contribution in [1.82, 2.24) is 10.2 Å². The van der Waals surface area contributed by atoms with E-state index in [4.69, 9.17) is 0 Å². The lowest BCUT2D eigenvalue weighted by atomic mass is 9.84. The van der Waals surface area contributed by atoms with Gasteiger partial charge in [-0.3, -0.25) is 4.90 Å². The second kappa shape index (κ2) is 5.39. The van der Waals surface area contributed by atoms with Crippen LogP contribution in [0.15, 0.2) is 15.9 Å². The highest BCUT2D eigenvalue weighted by molar-refractivity contribution is 9.10. The van der Waals surface area contributed by atoms with Crippen molar-refractivity contribution >= 4 is 27.3 Å². The Morgan fingerprint density at radius 3 is 2.88 bits per heavy atom. The van der Waals surface area contributed by atoms with Gasteiger partial charge in [-0.05, 0) is 27.4 Å². The predicted octanol–water partition coefficient (Wildman–Crippen LogP) is 3.33. The van der Waals surface area contributed by atoms with Crippen molar-refractivity contribution in [3.8, 4) is 0 Å². The topological polar surface area (TPSA) is 15.3 Å². The highest BCUT2D eigenvalue weighted by Crippen LogP contribution is 2.28. The van der Waals surface area contributed by atoms with Gasteiger partial charge in [-0.25, -0.2) is 0 Å². The van der Waals surface area contributed by atoms with Crippen LogP contribution >= 0.6 is 27.3 Å². The Morgan fingerprint density at radius 2 is 2.29 bits per heavy atom. The molecule has 0 aromatic carbocycles. The van der Waals surface area contributed by atoms with Crippen LogP contribution in [0.2, 0.25) is 0 Å². The minimum atomic E-state index is 0.335. The number of piperazine rings is 1. The quantitative estimate of drug-likeness (QED) is 0.900. The van der Waals surface area contributed by atoms with Gasteiger partial charge in [0.25, 0.3) is 0 Å². The minimum Gasteiger partial charge on any atom is -0.314 e. The molecule has 1 aliphatic heterocycles. The molecule has 4 heteroatoms. The summed E-state index contributed by atoms with van der Waals surface area (Å²) in [6, 6.07) is 2.86. The Bertz CT molecular complexity index is 370. The molecule has 17 heavy (non-hydrogen) atoms. The lowest BCUT2D eigenvalue weighted by Gasteiger charge is -2.43. The van der Waals surface area contributed by atoms with Gasteiger partial charge in [-0.2, -0.15) is 0 Å². The van der Waals surface area contributed by atoms with Crippen LogP contribution in [0.25, 0.3) is 0 Å². The summed E-state index contributed by atoms with van der Waals surface area (Å²) in [4.78, 5) is 4.07. The SMILES string of the molecule is CC(C)(C)C1CNCCN1Cc1cc(Br)cs1. The highest BCUT2D eigenvalue weighted by Gasteiger charge is 2.32. The molecule has 0 amide bonds. The molecule has 2 rings (SSSR count). The Labute approximate surface area is 117 Å². The summed E-state index contributed by atoms with van der Waals surface area (Å²) in [7, 11) is 0. The van der Waals surface area contributed by atoms with Crippen molar-refractivity contribution in [3.05, 3.63) is 20.8 Å². The molecule has 0 spiro atoms. The molecule has 96 valence electrons. The van der Waals surface area contributed by atoms with Crippen LogP contribution in [0.4, 0.5) is 0 Å². The molecule has 0 radical (unpaired) electrons. The molecular formula is C13H21BrN2S. The average molecular weight is 317 g/mol. The molecular weight excluding hydrogens is 296 g/mol. The van der Waals surface area contributed by atoms with Gasteiger partial charge in [0.15, 0.2) is 0 Å². The molecule has 1 fully saturated rings. The molecule has 1 saturated heterocycles. The lowest BCUT2D eigenvalue weighted by Crippen LogP contribution is -2.56. The third-order valence-electron chi connectivity index (χ3n) is 3.33. The first kappa shape index (κ1) is 13.5. The van der Waals surface area contributed by atoms with Crippen molar-refractivity contribution in [3.63, 3.8) is 0 Å². The molecule has 1 atom stereocenters. The number of hydrogen-bond donors (Lipinski definition) is 1. The third-order valence-corrected chi connectivity index (χ3v) is 5.02. The molecule has 0 saturated carbocycles. The van der Waals surface area contributed by atoms with Gasteiger partial charge in [0.05, 0.1) is 0 Å². The first-order valence-corrected chi connectivity index (χ1v) is 7.82. The summed E-state index contributed by atoms with van der Waals surface area (Å²) in [6.07, 6.45) is 0. The van der Waals surface area contributed by atoms with Crippen LogP contribution < -0.4 is 5.32 Å². The molecule has 2 nitrogen and oxygen atoms in total. The van der Waals surface area contributed by atoms with Crippen molar-refractivity contribution in [2.24, 2.45) is 5.41 Å². The summed E-state index contributed by atoms with van der Waals surface area (Å²) < 4.78 is 1.21. The van der Waals surface area contributed by atoms with Gasteiger partial charge >= 0.3 is 0 Å². The number of halogens is 1. The van der Waals surface area contributed by atoms with Crippen molar-refractivity contribution in [2.75, 3.05) is 19.6 Å². The predicted molar refractivity (Wildman–Crippen MR) is 78.5 cm³/mol. The van der Waals surface area contributed by atoms with E-state index in [-0.39, 0.29) is 0 Å². The van der Waals surface area contributed by atoms with Crippen LogP contribution in [-0.4, -0.2) is 30.6 Å². The van der Waals surface area contributed by atoms with Gasteiger partial charge < -0.3 is 5.32 Å². The zero-order chi connectivity index (χ0) is 12.5. The summed E-state index contributed by atoms with van der Waals surface area (Å²) >= 11 is 5.38. The second-order valence-electron chi connectivity index (χ2n) is 5.79.